The minimum Gasteiger partial charge on any atom is -0.371 e. The molecule has 2 aromatic carbocycles. The van der Waals surface area contributed by atoms with Gasteiger partial charge in [0.25, 0.3) is 0 Å². The van der Waals surface area contributed by atoms with Gasteiger partial charge in [0.15, 0.2) is 0 Å². The standard InChI is InChI=1S/C21H20F3N3O2/c22-14-3-4-19(18(24)10-14)27-12-13(7-20(27)28)21(29)25-16-8-15(23)9-17(11-16)26-5-1-2-6-26/h3-4,8-11,13H,1-2,5-7,12H2,(H,25,29). The van der Waals surface area contributed by atoms with Crippen LogP contribution in [-0.2, 0) is 9.59 Å². The van der Waals surface area contributed by atoms with Gasteiger partial charge in [0, 0.05) is 43.5 Å². The van der Waals surface area contributed by atoms with Crippen LogP contribution < -0.4 is 15.1 Å². The molecule has 4 rings (SSSR count). The Bertz CT molecular complexity index is 960. The number of rotatable bonds is 4. The monoisotopic (exact) mass is 403 g/mol. The van der Waals surface area contributed by atoms with Gasteiger partial charge in [0.2, 0.25) is 11.8 Å². The number of carbonyl (C=O) groups is 2. The summed E-state index contributed by atoms with van der Waals surface area (Å²) in [7, 11) is 0. The summed E-state index contributed by atoms with van der Waals surface area (Å²) in [5.41, 5.74) is 0.958. The molecule has 1 unspecified atom stereocenters. The van der Waals surface area contributed by atoms with Crippen molar-refractivity contribution in [3.63, 3.8) is 0 Å². The van der Waals surface area contributed by atoms with Crippen molar-refractivity contribution in [3.05, 3.63) is 53.8 Å². The van der Waals surface area contributed by atoms with Crippen LogP contribution in [0.1, 0.15) is 19.3 Å². The third-order valence-electron chi connectivity index (χ3n) is 5.32. The van der Waals surface area contributed by atoms with Crippen LogP contribution in [0, 0.1) is 23.4 Å². The summed E-state index contributed by atoms with van der Waals surface area (Å²) in [5, 5.41) is 2.67. The average molecular weight is 403 g/mol. The molecule has 2 heterocycles. The summed E-state index contributed by atoms with van der Waals surface area (Å²) in [6.45, 7) is 1.65. The topological polar surface area (TPSA) is 52.7 Å². The van der Waals surface area contributed by atoms with Gasteiger partial charge in [-0.15, -0.1) is 0 Å². The first-order chi connectivity index (χ1) is 13.9. The number of benzene rings is 2. The van der Waals surface area contributed by atoms with Crippen LogP contribution in [0.25, 0.3) is 0 Å². The first-order valence-corrected chi connectivity index (χ1v) is 9.52. The summed E-state index contributed by atoms with van der Waals surface area (Å²) in [6.07, 6.45) is 1.98. The van der Waals surface area contributed by atoms with Gasteiger partial charge < -0.3 is 15.1 Å². The molecule has 29 heavy (non-hydrogen) atoms. The molecule has 1 atom stereocenters. The Morgan fingerprint density at radius 1 is 1.00 bits per heavy atom. The maximum Gasteiger partial charge on any atom is 0.229 e. The van der Waals surface area contributed by atoms with Crippen molar-refractivity contribution in [2.45, 2.75) is 19.3 Å². The molecule has 2 aromatic rings. The zero-order chi connectivity index (χ0) is 20.5. The van der Waals surface area contributed by atoms with Crippen LogP contribution in [0.3, 0.4) is 0 Å². The number of hydrogen-bond donors (Lipinski definition) is 1. The maximum absolute atomic E-state index is 14.0. The van der Waals surface area contributed by atoms with Crippen molar-refractivity contribution in [1.29, 1.82) is 0 Å². The van der Waals surface area contributed by atoms with Crippen LogP contribution >= 0.6 is 0 Å². The molecule has 0 aromatic heterocycles. The Hall–Kier alpha value is -3.03. The number of hydrogen-bond acceptors (Lipinski definition) is 3. The quantitative estimate of drug-likeness (QED) is 0.847. The molecule has 2 amide bonds. The SMILES string of the molecule is O=C(Nc1cc(F)cc(N2CCCC2)c1)C1CC(=O)N(c2ccc(F)cc2F)C1. The lowest BCUT2D eigenvalue weighted by Gasteiger charge is -2.19. The fourth-order valence-corrected chi connectivity index (χ4v) is 3.86. The van der Waals surface area contributed by atoms with E-state index in [-0.39, 0.29) is 18.7 Å². The Balaban J connectivity index is 1.47. The van der Waals surface area contributed by atoms with E-state index in [9.17, 15) is 22.8 Å². The van der Waals surface area contributed by atoms with Crippen LogP contribution in [0.4, 0.5) is 30.2 Å². The number of nitrogens with zero attached hydrogens (tertiary/aromatic N) is 2. The van der Waals surface area contributed by atoms with E-state index >= 15 is 0 Å². The van der Waals surface area contributed by atoms with Crippen molar-refractivity contribution in [3.8, 4) is 0 Å². The minimum absolute atomic E-state index is 0.0263. The highest BCUT2D eigenvalue weighted by Gasteiger charge is 2.36. The lowest BCUT2D eigenvalue weighted by molar-refractivity contribution is -0.122. The van der Waals surface area contributed by atoms with Gasteiger partial charge in [-0.25, -0.2) is 13.2 Å². The summed E-state index contributed by atoms with van der Waals surface area (Å²) in [4.78, 5) is 28.1. The maximum atomic E-state index is 14.0. The number of carbonyl (C=O) groups excluding carboxylic acids is 2. The Kier molecular flexibility index (Phi) is 5.17. The number of nitrogens with one attached hydrogen (secondary N) is 1. The third kappa shape index (κ3) is 4.06. The molecule has 5 nitrogen and oxygen atoms in total. The molecule has 0 spiro atoms. The van der Waals surface area contributed by atoms with E-state index in [1.54, 1.807) is 6.07 Å². The smallest absolute Gasteiger partial charge is 0.229 e. The van der Waals surface area contributed by atoms with E-state index in [1.807, 2.05) is 0 Å². The minimum atomic E-state index is -0.861. The largest absolute Gasteiger partial charge is 0.371 e. The van der Waals surface area contributed by atoms with Gasteiger partial charge in [0.1, 0.15) is 17.5 Å². The average Bonchev–Trinajstić information content (AvgIpc) is 3.31. The zero-order valence-electron chi connectivity index (χ0n) is 15.6. The second-order valence-corrected chi connectivity index (χ2v) is 7.38. The second kappa shape index (κ2) is 7.77. The van der Waals surface area contributed by atoms with Gasteiger partial charge in [-0.3, -0.25) is 9.59 Å². The van der Waals surface area contributed by atoms with Gasteiger partial charge in [-0.2, -0.15) is 0 Å². The molecule has 152 valence electrons. The summed E-state index contributed by atoms with van der Waals surface area (Å²) >= 11 is 0. The van der Waals surface area contributed by atoms with Crippen LogP contribution in [0.15, 0.2) is 36.4 Å². The van der Waals surface area contributed by atoms with Crippen molar-refractivity contribution in [1.82, 2.24) is 0 Å². The highest BCUT2D eigenvalue weighted by Crippen LogP contribution is 2.30. The molecule has 0 radical (unpaired) electrons. The molecule has 2 aliphatic heterocycles. The van der Waals surface area contributed by atoms with Crippen molar-refractivity contribution >= 4 is 28.9 Å². The molecular weight excluding hydrogens is 383 g/mol. The van der Waals surface area contributed by atoms with Crippen molar-refractivity contribution in [2.24, 2.45) is 5.92 Å². The Labute approximate surface area is 166 Å². The molecule has 1 N–H and O–H groups in total. The van der Waals surface area contributed by atoms with E-state index in [4.69, 9.17) is 0 Å². The fraction of sp³-hybridized carbons (Fsp3) is 0.333. The first kappa shape index (κ1) is 19.3. The normalized spacial score (nSPS) is 19.1. The number of halogens is 3. The summed E-state index contributed by atoms with van der Waals surface area (Å²) in [5.74, 6) is -3.64. The molecule has 0 aliphatic carbocycles. The van der Waals surface area contributed by atoms with Crippen LogP contribution in [-0.4, -0.2) is 31.4 Å². The molecule has 2 saturated heterocycles. The zero-order valence-corrected chi connectivity index (χ0v) is 15.6. The molecule has 2 fully saturated rings. The van der Waals surface area contributed by atoms with E-state index in [1.165, 1.54) is 18.2 Å². The number of amides is 2. The Morgan fingerprint density at radius 3 is 2.48 bits per heavy atom. The fourth-order valence-electron chi connectivity index (χ4n) is 3.86. The van der Waals surface area contributed by atoms with Gasteiger partial charge in [0.05, 0.1) is 11.6 Å². The predicted molar refractivity (Wildman–Crippen MR) is 103 cm³/mol. The van der Waals surface area contributed by atoms with E-state index in [2.05, 4.69) is 10.2 Å². The van der Waals surface area contributed by atoms with Crippen LogP contribution in [0.5, 0.6) is 0 Å². The predicted octanol–water partition coefficient (Wildman–Crippen LogP) is 3.70. The van der Waals surface area contributed by atoms with E-state index < -0.39 is 35.2 Å². The van der Waals surface area contributed by atoms with Crippen molar-refractivity contribution < 1.29 is 22.8 Å². The van der Waals surface area contributed by atoms with Gasteiger partial charge >= 0.3 is 0 Å². The molecule has 8 heteroatoms. The van der Waals surface area contributed by atoms with E-state index in [0.717, 1.165) is 36.9 Å². The highest BCUT2D eigenvalue weighted by atomic mass is 19.1. The number of anilines is 3. The molecular formula is C21H20F3N3O2. The first-order valence-electron chi connectivity index (χ1n) is 9.52. The lowest BCUT2D eigenvalue weighted by atomic mass is 10.1. The van der Waals surface area contributed by atoms with Gasteiger partial charge in [-0.05, 0) is 43.2 Å². The third-order valence-corrected chi connectivity index (χ3v) is 5.32. The summed E-state index contributed by atoms with van der Waals surface area (Å²) < 4.78 is 41.1. The van der Waals surface area contributed by atoms with Crippen LogP contribution in [0.2, 0.25) is 0 Å². The van der Waals surface area contributed by atoms with Crippen molar-refractivity contribution in [2.75, 3.05) is 34.8 Å². The summed E-state index contributed by atoms with van der Waals surface area (Å²) in [6, 6.07) is 7.30. The molecule has 2 aliphatic rings. The second-order valence-electron chi connectivity index (χ2n) is 7.38. The molecule has 0 saturated carbocycles. The van der Waals surface area contributed by atoms with Gasteiger partial charge in [-0.1, -0.05) is 0 Å². The molecule has 0 bridgehead atoms. The van der Waals surface area contributed by atoms with E-state index in [0.29, 0.717) is 17.4 Å². The Morgan fingerprint density at radius 2 is 1.76 bits per heavy atom. The highest BCUT2D eigenvalue weighted by molar-refractivity contribution is 6.03. The lowest BCUT2D eigenvalue weighted by Crippen LogP contribution is -2.28.